The number of carboxylic acids is 1. The molecule has 0 unspecified atom stereocenters. The van der Waals surface area contributed by atoms with Crippen LogP contribution >= 0.6 is 15.9 Å². The molecule has 7 heteroatoms. The van der Waals surface area contributed by atoms with Gasteiger partial charge in [-0.2, -0.15) is 4.98 Å². The predicted molar refractivity (Wildman–Crippen MR) is 96.8 cm³/mol. The lowest BCUT2D eigenvalue weighted by Crippen LogP contribution is -2.36. The van der Waals surface area contributed by atoms with Crippen molar-refractivity contribution < 1.29 is 9.90 Å². The Morgan fingerprint density at radius 2 is 2.00 bits per heavy atom. The Bertz CT molecular complexity index is 745. The zero-order chi connectivity index (χ0) is 17.1. The summed E-state index contributed by atoms with van der Waals surface area (Å²) in [5.41, 5.74) is 1.77. The number of carbonyl (C=O) groups is 1. The van der Waals surface area contributed by atoms with Crippen molar-refractivity contribution in [3.63, 3.8) is 0 Å². The van der Waals surface area contributed by atoms with Crippen LogP contribution in [0.3, 0.4) is 0 Å². The molecule has 0 spiro atoms. The lowest BCUT2D eigenvalue weighted by Gasteiger charge is -2.31. The van der Waals surface area contributed by atoms with Gasteiger partial charge in [0.05, 0.1) is 11.6 Å². The van der Waals surface area contributed by atoms with E-state index in [1.54, 1.807) is 0 Å². The average Bonchev–Trinajstić information content (AvgIpc) is 2.56. The summed E-state index contributed by atoms with van der Waals surface area (Å²) < 4.78 is 0.943. The van der Waals surface area contributed by atoms with E-state index >= 15 is 0 Å². The second kappa shape index (κ2) is 7.17. The molecule has 0 saturated carbocycles. The van der Waals surface area contributed by atoms with Crippen molar-refractivity contribution in [1.82, 2.24) is 9.97 Å². The van der Waals surface area contributed by atoms with E-state index in [2.05, 4.69) is 36.1 Å². The summed E-state index contributed by atoms with van der Waals surface area (Å²) in [6.07, 6.45) is 1.29. The van der Waals surface area contributed by atoms with Crippen LogP contribution in [0, 0.1) is 12.8 Å². The third kappa shape index (κ3) is 3.84. The van der Waals surface area contributed by atoms with Gasteiger partial charge in [-0.15, -0.1) is 0 Å². The zero-order valence-corrected chi connectivity index (χ0v) is 15.0. The van der Waals surface area contributed by atoms with E-state index in [9.17, 15) is 4.79 Å². The standard InChI is InChI=1S/C17H19BrN4O2/c1-11-10-15(22-8-6-12(7-9-22)16(23)24)21-17(19-11)20-14-5-3-2-4-13(14)18/h2-5,10,12H,6-9H2,1H3,(H,23,24)(H,19,20,21). The number of para-hydroxylation sites is 1. The SMILES string of the molecule is Cc1cc(N2CCC(C(=O)O)CC2)nc(Nc2ccccc2Br)n1. The average molecular weight is 391 g/mol. The first-order valence-electron chi connectivity index (χ1n) is 7.88. The van der Waals surface area contributed by atoms with Crippen molar-refractivity contribution in [2.24, 2.45) is 5.92 Å². The maximum atomic E-state index is 11.1. The van der Waals surface area contributed by atoms with Gasteiger partial charge in [0, 0.05) is 29.3 Å². The molecule has 24 heavy (non-hydrogen) atoms. The van der Waals surface area contributed by atoms with Gasteiger partial charge in [-0.3, -0.25) is 4.79 Å². The maximum absolute atomic E-state index is 11.1. The molecule has 1 aromatic heterocycles. The van der Waals surface area contributed by atoms with Crippen LogP contribution in [-0.4, -0.2) is 34.1 Å². The Labute approximate surface area is 149 Å². The molecule has 2 N–H and O–H groups in total. The van der Waals surface area contributed by atoms with Gasteiger partial charge in [-0.25, -0.2) is 4.98 Å². The highest BCUT2D eigenvalue weighted by molar-refractivity contribution is 9.10. The molecular weight excluding hydrogens is 372 g/mol. The normalized spacial score (nSPS) is 15.3. The van der Waals surface area contributed by atoms with Gasteiger partial charge >= 0.3 is 5.97 Å². The number of hydrogen-bond acceptors (Lipinski definition) is 5. The molecule has 0 radical (unpaired) electrons. The van der Waals surface area contributed by atoms with E-state index in [0.29, 0.717) is 31.9 Å². The van der Waals surface area contributed by atoms with Crippen molar-refractivity contribution in [1.29, 1.82) is 0 Å². The molecule has 126 valence electrons. The second-order valence-corrected chi connectivity index (χ2v) is 6.75. The summed E-state index contributed by atoms with van der Waals surface area (Å²) in [6, 6.07) is 9.74. The minimum absolute atomic E-state index is 0.248. The number of aryl methyl sites for hydroxylation is 1. The van der Waals surface area contributed by atoms with Gasteiger partial charge in [0.2, 0.25) is 5.95 Å². The van der Waals surface area contributed by atoms with Gasteiger partial charge in [0.1, 0.15) is 5.82 Å². The molecule has 2 heterocycles. The Hall–Kier alpha value is -2.15. The predicted octanol–water partition coefficient (Wildman–Crippen LogP) is 3.59. The number of hydrogen-bond donors (Lipinski definition) is 2. The molecule has 0 atom stereocenters. The minimum atomic E-state index is -0.704. The number of anilines is 3. The number of piperidine rings is 1. The third-order valence-corrected chi connectivity index (χ3v) is 4.82. The first-order chi connectivity index (χ1) is 11.5. The van der Waals surface area contributed by atoms with Gasteiger partial charge in [0.25, 0.3) is 0 Å². The monoisotopic (exact) mass is 390 g/mol. The highest BCUT2D eigenvalue weighted by Crippen LogP contribution is 2.26. The first kappa shape index (κ1) is 16.7. The number of rotatable bonds is 4. The summed E-state index contributed by atoms with van der Waals surface area (Å²) in [6.45, 7) is 3.32. The van der Waals surface area contributed by atoms with Crippen LogP contribution in [0.5, 0.6) is 0 Å². The maximum Gasteiger partial charge on any atom is 0.306 e. The van der Waals surface area contributed by atoms with Gasteiger partial charge in [-0.1, -0.05) is 12.1 Å². The molecule has 2 aromatic rings. The third-order valence-electron chi connectivity index (χ3n) is 4.13. The molecule has 0 bridgehead atoms. The Morgan fingerprint density at radius 1 is 1.29 bits per heavy atom. The summed E-state index contributed by atoms with van der Waals surface area (Å²) >= 11 is 3.50. The van der Waals surface area contributed by atoms with Crippen LogP contribution in [-0.2, 0) is 4.79 Å². The van der Waals surface area contributed by atoms with Crippen LogP contribution in [0.2, 0.25) is 0 Å². The lowest BCUT2D eigenvalue weighted by molar-refractivity contribution is -0.142. The first-order valence-corrected chi connectivity index (χ1v) is 8.67. The summed E-state index contributed by atoms with van der Waals surface area (Å²) in [5, 5.41) is 12.3. The Kier molecular flexibility index (Phi) is 4.99. The van der Waals surface area contributed by atoms with Crippen LogP contribution < -0.4 is 10.2 Å². The van der Waals surface area contributed by atoms with Gasteiger partial charge in [0.15, 0.2) is 0 Å². The largest absolute Gasteiger partial charge is 0.481 e. The van der Waals surface area contributed by atoms with E-state index in [0.717, 1.165) is 21.7 Å². The topological polar surface area (TPSA) is 78.4 Å². The second-order valence-electron chi connectivity index (χ2n) is 5.90. The molecule has 0 amide bonds. The number of carboxylic acid groups (broad SMARTS) is 1. The number of nitrogens with zero attached hydrogens (tertiary/aromatic N) is 3. The van der Waals surface area contributed by atoms with E-state index in [-0.39, 0.29) is 5.92 Å². The molecule has 1 fully saturated rings. The highest BCUT2D eigenvalue weighted by Gasteiger charge is 2.25. The van der Waals surface area contributed by atoms with Crippen LogP contribution in [0.1, 0.15) is 18.5 Å². The fraction of sp³-hybridized carbons (Fsp3) is 0.353. The van der Waals surface area contributed by atoms with Crippen LogP contribution in [0.4, 0.5) is 17.5 Å². The molecule has 1 aliphatic heterocycles. The van der Waals surface area contributed by atoms with Crippen LogP contribution in [0.25, 0.3) is 0 Å². The fourth-order valence-corrected chi connectivity index (χ4v) is 3.19. The number of benzene rings is 1. The van der Waals surface area contributed by atoms with Crippen molar-refractivity contribution >= 4 is 39.4 Å². The number of halogens is 1. The van der Waals surface area contributed by atoms with Crippen LogP contribution in [0.15, 0.2) is 34.8 Å². The summed E-state index contributed by atoms with van der Waals surface area (Å²) in [5.74, 6) is 0.421. The zero-order valence-electron chi connectivity index (χ0n) is 13.4. The lowest BCUT2D eigenvalue weighted by atomic mass is 9.97. The molecular formula is C17H19BrN4O2. The van der Waals surface area contributed by atoms with Crippen molar-refractivity contribution in [3.05, 3.63) is 40.5 Å². The molecule has 1 aliphatic rings. The van der Waals surface area contributed by atoms with E-state index < -0.39 is 5.97 Å². The number of aromatic nitrogens is 2. The number of aliphatic carboxylic acids is 1. The van der Waals surface area contributed by atoms with Gasteiger partial charge in [-0.05, 0) is 47.8 Å². The Morgan fingerprint density at radius 3 is 2.67 bits per heavy atom. The fourth-order valence-electron chi connectivity index (χ4n) is 2.81. The molecule has 0 aliphatic carbocycles. The van der Waals surface area contributed by atoms with Crippen molar-refractivity contribution in [2.45, 2.75) is 19.8 Å². The smallest absolute Gasteiger partial charge is 0.306 e. The van der Waals surface area contributed by atoms with E-state index in [4.69, 9.17) is 5.11 Å². The quantitative estimate of drug-likeness (QED) is 0.830. The van der Waals surface area contributed by atoms with Crippen molar-refractivity contribution in [2.75, 3.05) is 23.3 Å². The summed E-state index contributed by atoms with van der Waals surface area (Å²) in [7, 11) is 0. The summed E-state index contributed by atoms with van der Waals surface area (Å²) in [4.78, 5) is 22.3. The molecule has 1 aromatic carbocycles. The molecule has 3 rings (SSSR count). The van der Waals surface area contributed by atoms with Crippen molar-refractivity contribution in [3.8, 4) is 0 Å². The number of nitrogens with one attached hydrogen (secondary N) is 1. The highest BCUT2D eigenvalue weighted by atomic mass is 79.9. The van der Waals surface area contributed by atoms with E-state index in [1.807, 2.05) is 37.3 Å². The molecule has 1 saturated heterocycles. The van der Waals surface area contributed by atoms with E-state index in [1.165, 1.54) is 0 Å². The Balaban J connectivity index is 1.77. The molecule has 6 nitrogen and oxygen atoms in total. The van der Waals surface area contributed by atoms with Gasteiger partial charge < -0.3 is 15.3 Å². The minimum Gasteiger partial charge on any atom is -0.481 e.